The maximum Gasteiger partial charge on any atom is 0.270 e. The molecule has 2 aromatic heterocycles. The van der Waals surface area contributed by atoms with Crippen LogP contribution in [0.15, 0.2) is 35.3 Å². The minimum atomic E-state index is -0.249. The molecule has 4 heteroatoms. The van der Waals surface area contributed by atoms with E-state index in [0.29, 0.717) is 5.65 Å². The van der Waals surface area contributed by atoms with Gasteiger partial charge in [-0.1, -0.05) is 0 Å². The number of pyridine rings is 2. The lowest BCUT2D eigenvalue weighted by Gasteiger charge is -2.00. The van der Waals surface area contributed by atoms with Crippen molar-refractivity contribution >= 4 is 11.0 Å². The number of hydrogen-bond donors (Lipinski definition) is 1. The molecule has 0 aliphatic rings. The van der Waals surface area contributed by atoms with E-state index < -0.39 is 0 Å². The summed E-state index contributed by atoms with van der Waals surface area (Å²) in [7, 11) is 0. The van der Waals surface area contributed by atoms with Crippen LogP contribution in [0.1, 0.15) is 0 Å². The molecule has 0 saturated carbocycles. The fourth-order valence-electron chi connectivity index (χ4n) is 1.09. The van der Waals surface area contributed by atoms with Crippen molar-refractivity contribution in [3.8, 4) is 0 Å². The Morgan fingerprint density at radius 1 is 1.33 bits per heavy atom. The van der Waals surface area contributed by atoms with E-state index in [0.717, 1.165) is 10.1 Å². The highest BCUT2D eigenvalue weighted by molar-refractivity contribution is 5.74. The Morgan fingerprint density at radius 3 is 3.00 bits per heavy atom. The van der Waals surface area contributed by atoms with E-state index in [1.807, 2.05) is 6.07 Å². The van der Waals surface area contributed by atoms with Crippen LogP contribution in [0.3, 0.4) is 0 Å². The van der Waals surface area contributed by atoms with Crippen LogP contribution in [0.4, 0.5) is 0 Å². The van der Waals surface area contributed by atoms with E-state index in [2.05, 4.69) is 4.98 Å². The lowest BCUT2D eigenvalue weighted by molar-refractivity contribution is 0.964. The Hall–Kier alpha value is -1.84. The fraction of sp³-hybridized carbons (Fsp3) is 0. The molecule has 2 aromatic rings. The first kappa shape index (κ1) is 6.84. The first-order valence-electron chi connectivity index (χ1n) is 3.51. The van der Waals surface area contributed by atoms with Crippen molar-refractivity contribution in [3.63, 3.8) is 0 Å². The summed E-state index contributed by atoms with van der Waals surface area (Å²) in [6, 6.07) is 6.77. The molecule has 0 radical (unpaired) electrons. The van der Waals surface area contributed by atoms with Crippen molar-refractivity contribution in [2.75, 3.05) is 5.84 Å². The zero-order valence-electron chi connectivity index (χ0n) is 6.27. The Morgan fingerprint density at radius 2 is 2.17 bits per heavy atom. The third-order valence-electron chi connectivity index (χ3n) is 1.69. The van der Waals surface area contributed by atoms with Crippen LogP contribution in [0.2, 0.25) is 0 Å². The van der Waals surface area contributed by atoms with Gasteiger partial charge in [0.25, 0.3) is 5.56 Å². The zero-order valence-corrected chi connectivity index (χ0v) is 6.27. The minimum Gasteiger partial charge on any atom is -0.334 e. The molecule has 0 amide bonds. The molecule has 60 valence electrons. The van der Waals surface area contributed by atoms with E-state index in [9.17, 15) is 4.79 Å². The molecule has 0 aliphatic carbocycles. The molecule has 2 N–H and O–H groups in total. The maximum atomic E-state index is 11.0. The molecular formula is C8H7N3O. The van der Waals surface area contributed by atoms with Crippen LogP contribution in [0.25, 0.3) is 11.0 Å². The van der Waals surface area contributed by atoms with Crippen LogP contribution in [0.5, 0.6) is 0 Å². The molecule has 0 saturated heterocycles. The van der Waals surface area contributed by atoms with Crippen molar-refractivity contribution < 1.29 is 0 Å². The minimum absolute atomic E-state index is 0.249. The van der Waals surface area contributed by atoms with Gasteiger partial charge in [0.05, 0.1) is 0 Å². The fourth-order valence-corrected chi connectivity index (χ4v) is 1.09. The molecule has 0 fully saturated rings. The van der Waals surface area contributed by atoms with E-state index in [1.54, 1.807) is 18.3 Å². The highest BCUT2D eigenvalue weighted by Gasteiger charge is 1.97. The third kappa shape index (κ3) is 0.852. The van der Waals surface area contributed by atoms with Crippen LogP contribution >= 0.6 is 0 Å². The lowest BCUT2D eigenvalue weighted by Crippen LogP contribution is -2.26. The molecular weight excluding hydrogens is 154 g/mol. The van der Waals surface area contributed by atoms with Crippen molar-refractivity contribution in [2.45, 2.75) is 0 Å². The van der Waals surface area contributed by atoms with Gasteiger partial charge in [-0.25, -0.2) is 9.66 Å². The second-order valence-corrected chi connectivity index (χ2v) is 2.46. The molecule has 0 atom stereocenters. The summed E-state index contributed by atoms with van der Waals surface area (Å²) in [5.74, 6) is 5.46. The average molecular weight is 161 g/mol. The lowest BCUT2D eigenvalue weighted by atomic mass is 10.3. The summed E-state index contributed by atoms with van der Waals surface area (Å²) < 4.78 is 1.04. The SMILES string of the molecule is Nn1c(=O)ccc2cccnc21. The second-order valence-electron chi connectivity index (χ2n) is 2.46. The molecule has 4 nitrogen and oxygen atoms in total. The summed E-state index contributed by atoms with van der Waals surface area (Å²) in [6.45, 7) is 0. The predicted octanol–water partition coefficient (Wildman–Crippen LogP) is 0.110. The van der Waals surface area contributed by atoms with Crippen molar-refractivity contribution in [2.24, 2.45) is 0 Å². The summed E-state index contributed by atoms with van der Waals surface area (Å²) in [4.78, 5) is 15.0. The van der Waals surface area contributed by atoms with Gasteiger partial charge in [-0.05, 0) is 18.2 Å². The standard InChI is InChI=1S/C8H7N3O/c9-11-7(12)4-3-6-2-1-5-10-8(6)11/h1-5H,9H2. The number of hydrogen-bond acceptors (Lipinski definition) is 3. The monoisotopic (exact) mass is 161 g/mol. The third-order valence-corrected chi connectivity index (χ3v) is 1.69. The summed E-state index contributed by atoms with van der Waals surface area (Å²) in [5, 5.41) is 0.861. The predicted molar refractivity (Wildman–Crippen MR) is 46.2 cm³/mol. The first-order valence-corrected chi connectivity index (χ1v) is 3.51. The van der Waals surface area contributed by atoms with Gasteiger partial charge in [0.15, 0.2) is 5.65 Å². The van der Waals surface area contributed by atoms with E-state index >= 15 is 0 Å². The Balaban J connectivity index is 3.01. The van der Waals surface area contributed by atoms with Gasteiger partial charge in [0.2, 0.25) is 0 Å². The number of rotatable bonds is 0. The van der Waals surface area contributed by atoms with Gasteiger partial charge in [0.1, 0.15) is 0 Å². The van der Waals surface area contributed by atoms with Gasteiger partial charge in [0, 0.05) is 17.6 Å². The topological polar surface area (TPSA) is 60.9 Å². The molecule has 2 rings (SSSR count). The molecule has 0 spiro atoms. The smallest absolute Gasteiger partial charge is 0.270 e. The van der Waals surface area contributed by atoms with Gasteiger partial charge < -0.3 is 5.84 Å². The van der Waals surface area contributed by atoms with Crippen molar-refractivity contribution in [1.82, 2.24) is 9.66 Å². The van der Waals surface area contributed by atoms with E-state index in [-0.39, 0.29) is 5.56 Å². The first-order chi connectivity index (χ1) is 5.79. The zero-order chi connectivity index (χ0) is 8.55. The maximum absolute atomic E-state index is 11.0. The van der Waals surface area contributed by atoms with Gasteiger partial charge in [-0.15, -0.1) is 0 Å². The molecule has 0 bridgehead atoms. The molecule has 2 heterocycles. The molecule has 0 unspecified atom stereocenters. The van der Waals surface area contributed by atoms with Gasteiger partial charge in [-0.2, -0.15) is 0 Å². The van der Waals surface area contributed by atoms with Gasteiger partial charge >= 0.3 is 0 Å². The second kappa shape index (κ2) is 2.34. The van der Waals surface area contributed by atoms with E-state index in [4.69, 9.17) is 5.84 Å². The molecule has 0 aromatic carbocycles. The normalized spacial score (nSPS) is 10.3. The van der Waals surface area contributed by atoms with E-state index in [1.165, 1.54) is 6.07 Å². The molecule has 0 aliphatic heterocycles. The van der Waals surface area contributed by atoms with Crippen LogP contribution in [-0.2, 0) is 0 Å². The summed E-state index contributed by atoms with van der Waals surface area (Å²) in [6.07, 6.45) is 1.60. The number of nitrogens with zero attached hydrogens (tertiary/aromatic N) is 2. The summed E-state index contributed by atoms with van der Waals surface area (Å²) in [5.41, 5.74) is 0.256. The number of aromatic nitrogens is 2. The van der Waals surface area contributed by atoms with Crippen LogP contribution in [0, 0.1) is 0 Å². The number of nitrogen functional groups attached to an aromatic ring is 1. The Labute approximate surface area is 68.2 Å². The Bertz CT molecular complexity index is 475. The highest BCUT2D eigenvalue weighted by atomic mass is 16.1. The number of fused-ring (bicyclic) bond motifs is 1. The summed E-state index contributed by atoms with van der Waals surface area (Å²) >= 11 is 0. The quantitative estimate of drug-likeness (QED) is 0.558. The molecule has 12 heavy (non-hydrogen) atoms. The van der Waals surface area contributed by atoms with Gasteiger partial charge in [-0.3, -0.25) is 4.79 Å². The van der Waals surface area contributed by atoms with Crippen molar-refractivity contribution in [3.05, 3.63) is 40.8 Å². The largest absolute Gasteiger partial charge is 0.334 e. The Kier molecular flexibility index (Phi) is 1.33. The average Bonchev–Trinajstić information content (AvgIpc) is 2.12. The van der Waals surface area contributed by atoms with Crippen molar-refractivity contribution in [1.29, 1.82) is 0 Å². The van der Waals surface area contributed by atoms with Crippen LogP contribution < -0.4 is 11.4 Å². The van der Waals surface area contributed by atoms with Crippen LogP contribution in [-0.4, -0.2) is 9.66 Å². The highest BCUT2D eigenvalue weighted by Crippen LogP contribution is 2.04. The number of nitrogens with two attached hydrogens (primary N) is 1.